The van der Waals surface area contributed by atoms with Crippen molar-refractivity contribution < 1.29 is 27.1 Å². The molecular weight excluding hydrogens is 617 g/mol. The van der Waals surface area contributed by atoms with Crippen LogP contribution in [0.15, 0.2) is 108 Å². The van der Waals surface area contributed by atoms with Crippen LogP contribution in [-0.2, 0) is 32.6 Å². The average Bonchev–Trinajstić information content (AvgIpc) is 3.59. The number of benzene rings is 4. The van der Waals surface area contributed by atoms with Crippen molar-refractivity contribution in [1.29, 1.82) is 0 Å². The third kappa shape index (κ3) is 8.18. The number of nitrogens with one attached hydrogen (secondary N) is 1. The van der Waals surface area contributed by atoms with Gasteiger partial charge in [-0.1, -0.05) is 85.6 Å². The Kier molecular flexibility index (Phi) is 10.9. The number of nitrogens with zero attached hydrogens (tertiary/aromatic N) is 2. The molecule has 0 heterocycles. The maximum absolute atomic E-state index is 15.2. The van der Waals surface area contributed by atoms with Crippen molar-refractivity contribution in [3.8, 4) is 5.75 Å². The molecule has 0 bridgehead atoms. The highest BCUT2D eigenvalue weighted by molar-refractivity contribution is 7.92. The normalized spacial score (nSPS) is 13.9. The van der Waals surface area contributed by atoms with Gasteiger partial charge in [0.15, 0.2) is 0 Å². The minimum absolute atomic E-state index is 0.0168. The van der Waals surface area contributed by atoms with Crippen LogP contribution in [0.3, 0.4) is 0 Å². The third-order valence-electron chi connectivity index (χ3n) is 8.48. The fraction of sp³-hybridized carbons (Fsp3) is 0.297. The molecule has 0 aromatic heterocycles. The van der Waals surface area contributed by atoms with Crippen LogP contribution in [0.2, 0.25) is 0 Å². The number of hydrogen-bond acceptors (Lipinski definition) is 5. The van der Waals surface area contributed by atoms with Crippen LogP contribution >= 0.6 is 0 Å². The van der Waals surface area contributed by atoms with E-state index in [1.165, 1.54) is 30.2 Å². The van der Waals surface area contributed by atoms with Crippen LogP contribution < -0.4 is 14.4 Å². The minimum Gasteiger partial charge on any atom is -0.495 e. The molecule has 0 aliphatic heterocycles. The minimum atomic E-state index is -4.31. The molecule has 0 radical (unpaired) electrons. The van der Waals surface area contributed by atoms with E-state index in [1.807, 2.05) is 37.3 Å². The second-order valence-electron chi connectivity index (χ2n) is 11.8. The summed E-state index contributed by atoms with van der Waals surface area (Å²) in [4.78, 5) is 30.0. The Morgan fingerprint density at radius 2 is 1.55 bits per heavy atom. The molecule has 2 amide bonds. The predicted octanol–water partition coefficient (Wildman–Crippen LogP) is 6.04. The largest absolute Gasteiger partial charge is 0.495 e. The Morgan fingerprint density at radius 3 is 2.21 bits per heavy atom. The van der Waals surface area contributed by atoms with Gasteiger partial charge in [-0.15, -0.1) is 0 Å². The average molecular weight is 658 g/mol. The van der Waals surface area contributed by atoms with Gasteiger partial charge in [0.05, 0.1) is 17.7 Å². The zero-order chi connectivity index (χ0) is 33.4. The fourth-order valence-corrected chi connectivity index (χ4v) is 7.40. The quantitative estimate of drug-likeness (QED) is 0.189. The number of methoxy groups -OCH3 is 1. The number of aryl methyl sites for hydroxylation is 1. The van der Waals surface area contributed by atoms with E-state index in [1.54, 1.807) is 54.6 Å². The molecule has 1 fully saturated rings. The number of carbonyl (C=O) groups is 2. The smallest absolute Gasteiger partial charge is 0.264 e. The third-order valence-corrected chi connectivity index (χ3v) is 10.3. The lowest BCUT2D eigenvalue weighted by Gasteiger charge is -2.34. The highest BCUT2D eigenvalue weighted by atomic mass is 32.2. The summed E-state index contributed by atoms with van der Waals surface area (Å²) in [5.74, 6) is -1.31. The second kappa shape index (κ2) is 15.3. The van der Waals surface area contributed by atoms with Crippen LogP contribution in [0.25, 0.3) is 0 Å². The number of ether oxygens (including phenoxy) is 1. The first kappa shape index (κ1) is 33.7. The van der Waals surface area contributed by atoms with E-state index in [4.69, 9.17) is 4.74 Å². The molecule has 0 unspecified atom stereocenters. The van der Waals surface area contributed by atoms with E-state index in [-0.39, 0.29) is 46.8 Å². The zero-order valence-electron chi connectivity index (χ0n) is 26.6. The standard InChI is InChI=1S/C37H40FN3O5S/c1-27-21-22-35(46-2)33(23-27)41(47(44,45)31-18-7-4-8-19-31)26-36(42)40(25-29-15-9-12-20-32(29)38)34(24-28-13-5-3-6-14-28)37(43)39-30-16-10-11-17-30/h3-9,12-15,18-23,30,34H,10-11,16-17,24-26H2,1-2H3,(H,39,43)/t34-/m1/s1. The molecule has 10 heteroatoms. The molecule has 8 nitrogen and oxygen atoms in total. The van der Waals surface area contributed by atoms with Crippen LogP contribution in [0.4, 0.5) is 10.1 Å². The highest BCUT2D eigenvalue weighted by Gasteiger charge is 2.36. The maximum Gasteiger partial charge on any atom is 0.264 e. The van der Waals surface area contributed by atoms with Gasteiger partial charge in [-0.2, -0.15) is 0 Å². The number of amides is 2. The summed E-state index contributed by atoms with van der Waals surface area (Å²) < 4.78 is 50.3. The first-order valence-corrected chi connectivity index (χ1v) is 17.2. The molecule has 4 aromatic carbocycles. The lowest BCUT2D eigenvalue weighted by molar-refractivity contribution is -0.140. The van der Waals surface area contributed by atoms with Gasteiger partial charge in [-0.25, -0.2) is 12.8 Å². The topological polar surface area (TPSA) is 96.0 Å². The number of anilines is 1. The van der Waals surface area contributed by atoms with Gasteiger partial charge >= 0.3 is 0 Å². The van der Waals surface area contributed by atoms with Crippen LogP contribution in [0, 0.1) is 12.7 Å². The Bertz CT molecular complexity index is 1780. The van der Waals surface area contributed by atoms with Crippen LogP contribution in [0.5, 0.6) is 5.75 Å². The van der Waals surface area contributed by atoms with Crippen molar-refractivity contribution in [2.75, 3.05) is 18.0 Å². The summed E-state index contributed by atoms with van der Waals surface area (Å²) in [6, 6.07) is 27.2. The molecule has 47 heavy (non-hydrogen) atoms. The molecular formula is C37H40FN3O5S. The molecule has 0 spiro atoms. The molecule has 246 valence electrons. The first-order valence-electron chi connectivity index (χ1n) is 15.8. The second-order valence-corrected chi connectivity index (χ2v) is 13.7. The number of halogens is 1. The molecule has 0 saturated heterocycles. The summed E-state index contributed by atoms with van der Waals surface area (Å²) in [6.45, 7) is 0.907. The molecule has 5 rings (SSSR count). The molecule has 1 saturated carbocycles. The summed E-state index contributed by atoms with van der Waals surface area (Å²) in [7, 11) is -2.88. The Balaban J connectivity index is 1.61. The lowest BCUT2D eigenvalue weighted by atomic mass is 10.0. The summed E-state index contributed by atoms with van der Waals surface area (Å²) in [5, 5.41) is 3.12. The van der Waals surface area contributed by atoms with Crippen LogP contribution in [-0.4, -0.2) is 50.9 Å². The van der Waals surface area contributed by atoms with Crippen molar-refractivity contribution in [2.24, 2.45) is 0 Å². The van der Waals surface area contributed by atoms with Crippen molar-refractivity contribution in [3.05, 3.63) is 126 Å². The van der Waals surface area contributed by atoms with E-state index in [0.29, 0.717) is 0 Å². The van der Waals surface area contributed by atoms with Crippen LogP contribution in [0.1, 0.15) is 42.4 Å². The molecule has 1 atom stereocenters. The van der Waals surface area contributed by atoms with Crippen molar-refractivity contribution in [1.82, 2.24) is 10.2 Å². The molecule has 1 aliphatic rings. The highest BCUT2D eigenvalue weighted by Crippen LogP contribution is 2.34. The monoisotopic (exact) mass is 657 g/mol. The van der Waals surface area contributed by atoms with E-state index < -0.39 is 34.3 Å². The van der Waals surface area contributed by atoms with Gasteiger partial charge in [0.25, 0.3) is 10.0 Å². The van der Waals surface area contributed by atoms with Crippen molar-refractivity contribution >= 4 is 27.5 Å². The van der Waals surface area contributed by atoms with Gasteiger partial charge in [0.2, 0.25) is 11.8 Å². The number of carbonyl (C=O) groups excluding carboxylic acids is 2. The van der Waals surface area contributed by atoms with Gasteiger partial charge in [0.1, 0.15) is 24.2 Å². The zero-order valence-corrected chi connectivity index (χ0v) is 27.5. The maximum atomic E-state index is 15.2. The van der Waals surface area contributed by atoms with Gasteiger partial charge in [0, 0.05) is 24.6 Å². The van der Waals surface area contributed by atoms with E-state index in [9.17, 15) is 18.0 Å². The van der Waals surface area contributed by atoms with E-state index in [2.05, 4.69) is 5.32 Å². The van der Waals surface area contributed by atoms with Crippen molar-refractivity contribution in [3.63, 3.8) is 0 Å². The van der Waals surface area contributed by atoms with Gasteiger partial charge in [-0.05, 0) is 61.2 Å². The Hall–Kier alpha value is -4.70. The molecule has 4 aromatic rings. The number of rotatable bonds is 13. The summed E-state index contributed by atoms with van der Waals surface area (Å²) >= 11 is 0. The SMILES string of the molecule is COc1ccc(C)cc1N(CC(=O)N(Cc1ccccc1F)[C@H](Cc1ccccc1)C(=O)NC1CCCC1)S(=O)(=O)c1ccccc1. The Labute approximate surface area is 276 Å². The lowest BCUT2D eigenvalue weighted by Crippen LogP contribution is -2.54. The fourth-order valence-electron chi connectivity index (χ4n) is 5.96. The molecule has 1 N–H and O–H groups in total. The molecule has 1 aliphatic carbocycles. The predicted molar refractivity (Wildman–Crippen MR) is 180 cm³/mol. The number of hydrogen-bond donors (Lipinski definition) is 1. The van der Waals surface area contributed by atoms with E-state index in [0.717, 1.165) is 41.1 Å². The summed E-state index contributed by atoms with van der Waals surface area (Å²) in [6.07, 6.45) is 3.81. The Morgan fingerprint density at radius 1 is 0.915 bits per heavy atom. The van der Waals surface area contributed by atoms with E-state index >= 15 is 4.39 Å². The van der Waals surface area contributed by atoms with Gasteiger partial charge in [-0.3, -0.25) is 13.9 Å². The number of sulfonamides is 1. The summed E-state index contributed by atoms with van der Waals surface area (Å²) in [5.41, 5.74) is 1.94. The first-order chi connectivity index (χ1) is 22.7. The van der Waals surface area contributed by atoms with Gasteiger partial charge < -0.3 is 15.0 Å². The van der Waals surface area contributed by atoms with Crippen molar-refractivity contribution in [2.45, 2.75) is 62.6 Å².